The number of amides is 2. The minimum absolute atomic E-state index is 0.137. The van der Waals surface area contributed by atoms with Gasteiger partial charge in [0.2, 0.25) is 5.91 Å². The van der Waals surface area contributed by atoms with Crippen LogP contribution in [0.5, 0.6) is 0 Å². The van der Waals surface area contributed by atoms with Gasteiger partial charge in [-0.3, -0.25) is 19.5 Å². The molecule has 38 heavy (non-hydrogen) atoms. The molecular weight excluding hydrogens is 517 g/mol. The van der Waals surface area contributed by atoms with E-state index in [1.54, 1.807) is 36.7 Å². The SMILES string of the molecule is CC(CCc1ccccc1)NC(=O)[C@H](c1cccnc1)N(C(=O)C(Cl)Cl)c1ccc(-c2ccccc2)cc1. The number of nitrogens with one attached hydrogen (secondary N) is 1. The highest BCUT2D eigenvalue weighted by atomic mass is 35.5. The maximum atomic E-state index is 13.8. The van der Waals surface area contributed by atoms with Crippen molar-refractivity contribution < 1.29 is 9.59 Å². The normalized spacial score (nSPS) is 12.5. The lowest BCUT2D eigenvalue weighted by Crippen LogP contribution is -2.47. The van der Waals surface area contributed by atoms with E-state index >= 15 is 0 Å². The molecule has 3 aromatic carbocycles. The molecule has 0 aliphatic carbocycles. The first-order valence-corrected chi connectivity index (χ1v) is 13.3. The van der Waals surface area contributed by atoms with Crippen molar-refractivity contribution in [2.45, 2.75) is 36.7 Å². The molecule has 2 amide bonds. The Labute approximate surface area is 233 Å². The highest BCUT2D eigenvalue weighted by Crippen LogP contribution is 2.32. The summed E-state index contributed by atoms with van der Waals surface area (Å²) >= 11 is 12.2. The Morgan fingerprint density at radius 3 is 2.08 bits per heavy atom. The first-order chi connectivity index (χ1) is 18.4. The van der Waals surface area contributed by atoms with Crippen LogP contribution in [0, 0.1) is 0 Å². The molecular formula is C31H29Cl2N3O2. The second-order valence-corrected chi connectivity index (χ2v) is 10.1. The lowest BCUT2D eigenvalue weighted by Gasteiger charge is -2.32. The monoisotopic (exact) mass is 545 g/mol. The van der Waals surface area contributed by atoms with Crippen molar-refractivity contribution in [1.82, 2.24) is 10.3 Å². The van der Waals surface area contributed by atoms with E-state index in [9.17, 15) is 9.59 Å². The predicted octanol–water partition coefficient (Wildman–Crippen LogP) is 6.76. The molecule has 0 fully saturated rings. The van der Waals surface area contributed by atoms with Crippen molar-refractivity contribution in [3.05, 3.63) is 121 Å². The molecule has 1 heterocycles. The fraction of sp³-hybridized carbons (Fsp3) is 0.194. The van der Waals surface area contributed by atoms with Crippen LogP contribution in [0.2, 0.25) is 0 Å². The number of benzene rings is 3. The molecule has 2 atom stereocenters. The van der Waals surface area contributed by atoms with Crippen LogP contribution in [0.3, 0.4) is 0 Å². The maximum Gasteiger partial charge on any atom is 0.261 e. The molecule has 1 aromatic heterocycles. The zero-order valence-electron chi connectivity index (χ0n) is 21.0. The summed E-state index contributed by atoms with van der Waals surface area (Å²) in [5.74, 6) is -0.935. The van der Waals surface area contributed by atoms with Gasteiger partial charge in [0.1, 0.15) is 6.04 Å². The van der Waals surface area contributed by atoms with Gasteiger partial charge in [-0.1, -0.05) is 102 Å². The van der Waals surface area contributed by atoms with Gasteiger partial charge < -0.3 is 5.32 Å². The van der Waals surface area contributed by atoms with Crippen molar-refractivity contribution in [3.8, 4) is 11.1 Å². The molecule has 0 spiro atoms. The number of anilines is 1. The van der Waals surface area contributed by atoms with E-state index in [0.29, 0.717) is 11.3 Å². The zero-order chi connectivity index (χ0) is 26.9. The van der Waals surface area contributed by atoms with Gasteiger partial charge in [0.25, 0.3) is 5.91 Å². The molecule has 0 bridgehead atoms. The predicted molar refractivity (Wildman–Crippen MR) is 154 cm³/mol. The van der Waals surface area contributed by atoms with Crippen LogP contribution in [0.4, 0.5) is 5.69 Å². The molecule has 7 heteroatoms. The first kappa shape index (κ1) is 27.4. The van der Waals surface area contributed by atoms with Gasteiger partial charge in [-0.2, -0.15) is 0 Å². The zero-order valence-corrected chi connectivity index (χ0v) is 22.5. The number of hydrogen-bond donors (Lipinski definition) is 1. The molecule has 1 N–H and O–H groups in total. The van der Waals surface area contributed by atoms with E-state index in [2.05, 4.69) is 22.4 Å². The fourth-order valence-corrected chi connectivity index (χ4v) is 4.54. The van der Waals surface area contributed by atoms with Crippen molar-refractivity contribution in [2.75, 3.05) is 4.90 Å². The van der Waals surface area contributed by atoms with E-state index in [1.165, 1.54) is 10.5 Å². The highest BCUT2D eigenvalue weighted by molar-refractivity contribution is 6.54. The third kappa shape index (κ3) is 7.00. The fourth-order valence-electron chi connectivity index (χ4n) is 4.33. The quantitative estimate of drug-likeness (QED) is 0.224. The summed E-state index contributed by atoms with van der Waals surface area (Å²) in [5, 5.41) is 3.08. The number of halogens is 2. The van der Waals surface area contributed by atoms with E-state index in [1.807, 2.05) is 67.6 Å². The lowest BCUT2D eigenvalue weighted by atomic mass is 10.0. The second kappa shape index (κ2) is 13.2. The summed E-state index contributed by atoms with van der Waals surface area (Å²) in [6.45, 7) is 1.95. The second-order valence-electron chi connectivity index (χ2n) is 9.04. The molecule has 4 rings (SSSR count). The van der Waals surface area contributed by atoms with Crippen LogP contribution < -0.4 is 10.2 Å². The average Bonchev–Trinajstić information content (AvgIpc) is 2.96. The summed E-state index contributed by atoms with van der Waals surface area (Å²) in [6, 6.07) is 29.8. The number of rotatable bonds is 10. The Morgan fingerprint density at radius 2 is 1.47 bits per heavy atom. The molecule has 0 saturated heterocycles. The lowest BCUT2D eigenvalue weighted by molar-refractivity contribution is -0.126. The maximum absolute atomic E-state index is 13.8. The van der Waals surface area contributed by atoms with Crippen molar-refractivity contribution in [2.24, 2.45) is 0 Å². The van der Waals surface area contributed by atoms with Crippen LogP contribution in [0.1, 0.15) is 30.5 Å². The van der Waals surface area contributed by atoms with Gasteiger partial charge in [-0.15, -0.1) is 0 Å². The van der Waals surface area contributed by atoms with Gasteiger partial charge >= 0.3 is 0 Å². The van der Waals surface area contributed by atoms with E-state index in [4.69, 9.17) is 23.2 Å². The standard InChI is InChI=1S/C31H29Cl2N3O2/c1-22(14-15-23-9-4-2-5-10-23)35-30(37)28(26-13-8-20-34-21-26)36(31(38)29(32)33)27-18-16-25(17-19-27)24-11-6-3-7-12-24/h2-13,16-22,28-29H,14-15H2,1H3,(H,35,37)/t22?,28-/m0/s1. The Bertz CT molecular complexity index is 1320. The smallest absolute Gasteiger partial charge is 0.261 e. The molecule has 0 radical (unpaired) electrons. The number of aromatic nitrogens is 1. The van der Waals surface area contributed by atoms with Gasteiger partial charge in [0.05, 0.1) is 0 Å². The third-order valence-electron chi connectivity index (χ3n) is 6.28. The van der Waals surface area contributed by atoms with Crippen LogP contribution in [-0.2, 0) is 16.0 Å². The summed E-state index contributed by atoms with van der Waals surface area (Å²) < 4.78 is 0. The molecule has 0 aliphatic heterocycles. The van der Waals surface area contributed by atoms with Crippen LogP contribution in [-0.4, -0.2) is 27.7 Å². The summed E-state index contributed by atoms with van der Waals surface area (Å²) in [4.78, 5) is 31.3. The van der Waals surface area contributed by atoms with Gasteiger partial charge in [-0.25, -0.2) is 0 Å². The molecule has 0 aliphatic rings. The molecule has 4 aromatic rings. The summed E-state index contributed by atoms with van der Waals surface area (Å²) in [6.07, 6.45) is 4.75. The van der Waals surface area contributed by atoms with E-state index in [0.717, 1.165) is 24.0 Å². The minimum atomic E-state index is -1.36. The Balaban J connectivity index is 1.64. The largest absolute Gasteiger partial charge is 0.352 e. The van der Waals surface area contributed by atoms with Crippen LogP contribution in [0.15, 0.2) is 109 Å². The average molecular weight is 546 g/mol. The number of hydrogen-bond acceptors (Lipinski definition) is 3. The molecule has 0 saturated carbocycles. The van der Waals surface area contributed by atoms with E-state index < -0.39 is 16.8 Å². The first-order valence-electron chi connectivity index (χ1n) is 12.4. The number of alkyl halides is 2. The number of nitrogens with zero attached hydrogens (tertiary/aromatic N) is 2. The topological polar surface area (TPSA) is 62.3 Å². The van der Waals surface area contributed by atoms with Crippen LogP contribution >= 0.6 is 23.2 Å². The van der Waals surface area contributed by atoms with Crippen molar-refractivity contribution in [3.63, 3.8) is 0 Å². The highest BCUT2D eigenvalue weighted by Gasteiger charge is 2.35. The minimum Gasteiger partial charge on any atom is -0.352 e. The van der Waals surface area contributed by atoms with Crippen LogP contribution in [0.25, 0.3) is 11.1 Å². The number of aryl methyl sites for hydroxylation is 1. The van der Waals surface area contributed by atoms with Gasteiger partial charge in [0, 0.05) is 29.7 Å². The number of carbonyl (C=O) groups excluding carboxylic acids is 2. The summed E-state index contributed by atoms with van der Waals surface area (Å²) in [7, 11) is 0. The third-order valence-corrected chi connectivity index (χ3v) is 6.65. The molecule has 1 unspecified atom stereocenters. The van der Waals surface area contributed by atoms with Gasteiger partial charge in [0.15, 0.2) is 4.84 Å². The number of pyridine rings is 1. The van der Waals surface area contributed by atoms with E-state index in [-0.39, 0.29) is 11.9 Å². The summed E-state index contributed by atoms with van der Waals surface area (Å²) in [5.41, 5.74) is 4.27. The number of carbonyl (C=O) groups is 2. The van der Waals surface area contributed by atoms with Crippen molar-refractivity contribution >= 4 is 40.7 Å². The van der Waals surface area contributed by atoms with Gasteiger partial charge in [-0.05, 0) is 54.7 Å². The van der Waals surface area contributed by atoms with Crippen molar-refractivity contribution in [1.29, 1.82) is 0 Å². The Morgan fingerprint density at radius 1 is 0.842 bits per heavy atom. The molecule has 194 valence electrons. The molecule has 5 nitrogen and oxygen atoms in total. The Hall–Kier alpha value is -3.67. The Kier molecular flexibility index (Phi) is 9.52.